The summed E-state index contributed by atoms with van der Waals surface area (Å²) in [4.78, 5) is 0. The van der Waals surface area contributed by atoms with E-state index in [0.717, 1.165) is 35.2 Å². The lowest BCUT2D eigenvalue weighted by atomic mass is 10.2. The van der Waals surface area contributed by atoms with Crippen LogP contribution in [0.4, 0.5) is 5.69 Å². The third-order valence-corrected chi connectivity index (χ3v) is 3.56. The van der Waals surface area contributed by atoms with E-state index >= 15 is 0 Å². The fourth-order valence-corrected chi connectivity index (χ4v) is 2.45. The Morgan fingerprint density at radius 1 is 1.15 bits per heavy atom. The molecule has 110 valence electrons. The van der Waals surface area contributed by atoms with Crippen LogP contribution in [-0.2, 0) is 6.54 Å². The Morgan fingerprint density at radius 3 is 2.70 bits per heavy atom. The first-order valence-electron chi connectivity index (χ1n) is 7.32. The van der Waals surface area contributed by atoms with Crippen LogP contribution in [0.2, 0.25) is 0 Å². The van der Waals surface area contributed by atoms with Gasteiger partial charge in [0.2, 0.25) is 0 Å². The van der Waals surface area contributed by atoms with Gasteiger partial charge in [0.25, 0.3) is 0 Å². The minimum atomic E-state index is 0.858. The summed E-state index contributed by atoms with van der Waals surface area (Å²) >= 11 is 0. The van der Waals surface area contributed by atoms with Gasteiger partial charge in [0.1, 0.15) is 0 Å². The highest BCUT2D eigenvalue weighted by atomic mass is 15.3. The molecule has 0 spiro atoms. The molecule has 0 saturated heterocycles. The van der Waals surface area contributed by atoms with Crippen molar-refractivity contribution in [3.05, 3.63) is 30.5 Å². The minimum absolute atomic E-state index is 0.858. The van der Waals surface area contributed by atoms with Crippen molar-refractivity contribution in [3.63, 3.8) is 0 Å². The molecule has 4 heteroatoms. The summed E-state index contributed by atoms with van der Waals surface area (Å²) in [6, 6.07) is 8.20. The van der Waals surface area contributed by atoms with E-state index in [1.807, 2.05) is 12.1 Å². The SMILES string of the molecule is C[N+](C)(C)CCCNCCn1ccc2c(N)cccc21. The summed E-state index contributed by atoms with van der Waals surface area (Å²) in [5, 5.41) is 4.66. The zero-order valence-corrected chi connectivity index (χ0v) is 12.9. The lowest BCUT2D eigenvalue weighted by Gasteiger charge is -2.23. The first-order valence-corrected chi connectivity index (χ1v) is 7.32. The average molecular weight is 275 g/mol. The highest BCUT2D eigenvalue weighted by molar-refractivity contribution is 5.91. The van der Waals surface area contributed by atoms with E-state index < -0.39 is 0 Å². The van der Waals surface area contributed by atoms with Crippen LogP contribution < -0.4 is 11.1 Å². The Bertz CT molecular complexity index is 551. The molecule has 1 heterocycles. The Kier molecular flexibility index (Phi) is 4.68. The maximum absolute atomic E-state index is 5.97. The van der Waals surface area contributed by atoms with Gasteiger partial charge in [-0.1, -0.05) is 6.07 Å². The van der Waals surface area contributed by atoms with Crippen LogP contribution in [0, 0.1) is 0 Å². The van der Waals surface area contributed by atoms with Crippen molar-refractivity contribution in [1.82, 2.24) is 9.88 Å². The molecule has 1 aromatic carbocycles. The van der Waals surface area contributed by atoms with Gasteiger partial charge in [-0.3, -0.25) is 0 Å². The zero-order chi connectivity index (χ0) is 14.6. The molecular weight excluding hydrogens is 248 g/mol. The quantitative estimate of drug-likeness (QED) is 0.460. The molecule has 1 aromatic heterocycles. The van der Waals surface area contributed by atoms with Gasteiger partial charge in [0, 0.05) is 43.3 Å². The second-order valence-electron chi connectivity index (χ2n) is 6.41. The molecule has 0 aliphatic carbocycles. The van der Waals surface area contributed by atoms with Crippen molar-refractivity contribution in [2.45, 2.75) is 13.0 Å². The molecule has 20 heavy (non-hydrogen) atoms. The lowest BCUT2D eigenvalue weighted by molar-refractivity contribution is -0.870. The standard InChI is InChI=1S/C16H27N4/c1-20(2,3)13-5-9-18-10-12-19-11-8-14-15(17)6-4-7-16(14)19/h4,6-8,11,18H,5,9-10,12-13,17H2,1-3H3/q+1. The molecular formula is C16H27N4+. The van der Waals surface area contributed by atoms with Crippen molar-refractivity contribution in [3.8, 4) is 0 Å². The topological polar surface area (TPSA) is 43.0 Å². The summed E-state index contributed by atoms with van der Waals surface area (Å²) < 4.78 is 3.29. The molecule has 0 amide bonds. The van der Waals surface area contributed by atoms with Crippen LogP contribution >= 0.6 is 0 Å². The maximum atomic E-state index is 5.97. The second-order valence-corrected chi connectivity index (χ2v) is 6.41. The van der Waals surface area contributed by atoms with Crippen LogP contribution in [-0.4, -0.2) is 49.8 Å². The minimum Gasteiger partial charge on any atom is -0.398 e. The summed E-state index contributed by atoms with van der Waals surface area (Å²) in [5.74, 6) is 0. The van der Waals surface area contributed by atoms with E-state index in [9.17, 15) is 0 Å². The van der Waals surface area contributed by atoms with E-state index in [0.29, 0.717) is 0 Å². The van der Waals surface area contributed by atoms with E-state index in [1.165, 1.54) is 18.5 Å². The zero-order valence-electron chi connectivity index (χ0n) is 12.9. The molecule has 0 fully saturated rings. The van der Waals surface area contributed by atoms with Crippen molar-refractivity contribution < 1.29 is 4.48 Å². The summed E-state index contributed by atoms with van der Waals surface area (Å²) in [5.41, 5.74) is 8.05. The van der Waals surface area contributed by atoms with Gasteiger partial charge in [-0.05, 0) is 18.2 Å². The fourth-order valence-electron chi connectivity index (χ4n) is 2.45. The summed E-state index contributed by atoms with van der Waals surface area (Å²) in [7, 11) is 6.70. The first-order chi connectivity index (χ1) is 9.47. The largest absolute Gasteiger partial charge is 0.398 e. The van der Waals surface area contributed by atoms with E-state index in [4.69, 9.17) is 5.73 Å². The molecule has 2 aromatic rings. The first kappa shape index (κ1) is 14.9. The molecule has 0 aliphatic heterocycles. The molecule has 0 radical (unpaired) electrons. The van der Waals surface area contributed by atoms with Gasteiger partial charge in [-0.15, -0.1) is 0 Å². The van der Waals surface area contributed by atoms with Gasteiger partial charge in [-0.2, -0.15) is 0 Å². The van der Waals surface area contributed by atoms with Gasteiger partial charge < -0.3 is 20.1 Å². The smallest absolute Gasteiger partial charge is 0.0792 e. The monoisotopic (exact) mass is 275 g/mol. The molecule has 4 nitrogen and oxygen atoms in total. The third-order valence-electron chi connectivity index (χ3n) is 3.56. The second kappa shape index (κ2) is 6.29. The third kappa shape index (κ3) is 3.99. The van der Waals surface area contributed by atoms with E-state index in [2.05, 4.69) is 49.4 Å². The van der Waals surface area contributed by atoms with Crippen molar-refractivity contribution >= 4 is 16.6 Å². The predicted molar refractivity (Wildman–Crippen MR) is 86.7 cm³/mol. The van der Waals surface area contributed by atoms with E-state index in [1.54, 1.807) is 0 Å². The van der Waals surface area contributed by atoms with Crippen LogP contribution in [0.3, 0.4) is 0 Å². The van der Waals surface area contributed by atoms with Crippen LogP contribution in [0.1, 0.15) is 6.42 Å². The van der Waals surface area contributed by atoms with Crippen LogP contribution in [0.25, 0.3) is 10.9 Å². The number of quaternary nitrogens is 1. The molecule has 0 aliphatic rings. The Hall–Kier alpha value is -1.52. The summed E-state index contributed by atoms with van der Waals surface area (Å²) in [6.07, 6.45) is 3.33. The van der Waals surface area contributed by atoms with Crippen LogP contribution in [0.15, 0.2) is 30.5 Å². The number of benzene rings is 1. The van der Waals surface area contributed by atoms with Crippen molar-refractivity contribution in [1.29, 1.82) is 0 Å². The number of aromatic nitrogens is 1. The van der Waals surface area contributed by atoms with Gasteiger partial charge in [0.05, 0.1) is 33.2 Å². The number of nitrogen functional groups attached to an aromatic ring is 1. The fraction of sp³-hybridized carbons (Fsp3) is 0.500. The molecule has 0 bridgehead atoms. The van der Waals surface area contributed by atoms with Crippen LogP contribution in [0.5, 0.6) is 0 Å². The van der Waals surface area contributed by atoms with Crippen molar-refractivity contribution in [2.24, 2.45) is 0 Å². The maximum Gasteiger partial charge on any atom is 0.0792 e. The number of hydrogen-bond donors (Lipinski definition) is 2. The summed E-state index contributed by atoms with van der Waals surface area (Å²) in [6.45, 7) is 4.26. The number of anilines is 1. The van der Waals surface area contributed by atoms with Gasteiger partial charge in [-0.25, -0.2) is 0 Å². The molecule has 0 atom stereocenters. The van der Waals surface area contributed by atoms with Crippen molar-refractivity contribution in [2.75, 3.05) is 46.5 Å². The highest BCUT2D eigenvalue weighted by Crippen LogP contribution is 2.21. The Labute approximate surface area is 121 Å². The number of nitrogens with two attached hydrogens (primary N) is 1. The Morgan fingerprint density at radius 2 is 1.95 bits per heavy atom. The van der Waals surface area contributed by atoms with Gasteiger partial charge >= 0.3 is 0 Å². The number of rotatable bonds is 7. The molecule has 0 saturated carbocycles. The van der Waals surface area contributed by atoms with E-state index in [-0.39, 0.29) is 0 Å². The normalized spacial score (nSPS) is 12.2. The predicted octanol–water partition coefficient (Wildman–Crippen LogP) is 1.91. The molecule has 3 N–H and O–H groups in total. The molecule has 0 unspecified atom stereocenters. The number of fused-ring (bicyclic) bond motifs is 1. The van der Waals surface area contributed by atoms with Gasteiger partial charge in [0.15, 0.2) is 0 Å². The number of nitrogens with zero attached hydrogens (tertiary/aromatic N) is 2. The molecule has 2 rings (SSSR count). The average Bonchev–Trinajstić information content (AvgIpc) is 2.77. The number of hydrogen-bond acceptors (Lipinski definition) is 2. The lowest BCUT2D eigenvalue weighted by Crippen LogP contribution is -2.37. The Balaban J connectivity index is 1.78. The number of nitrogens with one attached hydrogen (secondary N) is 1. The highest BCUT2D eigenvalue weighted by Gasteiger charge is 2.05.